The molecule has 2 N–H and O–H groups in total. The number of carbonyl (C=O) groups is 2. The Bertz CT molecular complexity index is 401. The molecule has 0 radical (unpaired) electrons. The van der Waals surface area contributed by atoms with Crippen LogP contribution in [0.15, 0.2) is 0 Å². The first-order valence-electron chi connectivity index (χ1n) is 9.04. The maximum Gasteiger partial charge on any atom is 0.237 e. The zero-order chi connectivity index (χ0) is 15.4. The molecule has 3 aliphatic rings. The lowest BCUT2D eigenvalue weighted by Gasteiger charge is -2.34. The van der Waals surface area contributed by atoms with Gasteiger partial charge in [-0.1, -0.05) is 12.8 Å². The SMILES string of the molecule is O=C(NC[C@@H]1CCCN(C(=O)C2CCCC2)C1)[C@H]1CCCN1. The number of hydrogen-bond acceptors (Lipinski definition) is 3. The predicted octanol–water partition coefficient (Wildman–Crippen LogP) is 1.28. The van der Waals surface area contributed by atoms with E-state index in [9.17, 15) is 9.59 Å². The quantitative estimate of drug-likeness (QED) is 0.822. The monoisotopic (exact) mass is 307 g/mol. The van der Waals surface area contributed by atoms with Crippen LogP contribution >= 0.6 is 0 Å². The van der Waals surface area contributed by atoms with Crippen LogP contribution in [0.4, 0.5) is 0 Å². The van der Waals surface area contributed by atoms with Gasteiger partial charge in [0, 0.05) is 25.6 Å². The Morgan fingerprint density at radius 2 is 1.86 bits per heavy atom. The summed E-state index contributed by atoms with van der Waals surface area (Å²) >= 11 is 0. The maximum atomic E-state index is 12.5. The Labute approximate surface area is 133 Å². The molecule has 0 aromatic rings. The van der Waals surface area contributed by atoms with Gasteiger partial charge in [-0.05, 0) is 51.0 Å². The summed E-state index contributed by atoms with van der Waals surface area (Å²) in [5, 5.41) is 6.32. The molecule has 3 fully saturated rings. The van der Waals surface area contributed by atoms with Crippen LogP contribution in [-0.2, 0) is 9.59 Å². The highest BCUT2D eigenvalue weighted by atomic mass is 16.2. The molecule has 2 heterocycles. The molecule has 0 aromatic carbocycles. The second-order valence-electron chi connectivity index (χ2n) is 7.17. The van der Waals surface area contributed by atoms with Crippen LogP contribution in [0.2, 0.25) is 0 Å². The Balaban J connectivity index is 1.43. The highest BCUT2D eigenvalue weighted by Gasteiger charge is 2.31. The van der Waals surface area contributed by atoms with Crippen LogP contribution in [0.3, 0.4) is 0 Å². The van der Waals surface area contributed by atoms with Crippen LogP contribution in [0.25, 0.3) is 0 Å². The highest BCUT2D eigenvalue weighted by Crippen LogP contribution is 2.28. The lowest BCUT2D eigenvalue weighted by atomic mass is 9.96. The largest absolute Gasteiger partial charge is 0.354 e. The predicted molar refractivity (Wildman–Crippen MR) is 85.3 cm³/mol. The van der Waals surface area contributed by atoms with E-state index >= 15 is 0 Å². The molecule has 1 saturated carbocycles. The standard InChI is InChI=1S/C17H29N3O2/c21-16(15-8-3-9-18-15)19-11-13-5-4-10-20(12-13)17(22)14-6-1-2-7-14/h13-15,18H,1-12H2,(H,19,21)/t13-,15+/m0/s1. The van der Waals surface area contributed by atoms with Crippen molar-refractivity contribution in [2.45, 2.75) is 57.4 Å². The van der Waals surface area contributed by atoms with E-state index in [-0.39, 0.29) is 17.9 Å². The third-order valence-electron chi connectivity index (χ3n) is 5.48. The summed E-state index contributed by atoms with van der Waals surface area (Å²) in [6, 6.07) is -0.000172. The number of amides is 2. The van der Waals surface area contributed by atoms with Crippen molar-refractivity contribution < 1.29 is 9.59 Å². The smallest absolute Gasteiger partial charge is 0.237 e. The molecule has 3 rings (SSSR count). The van der Waals surface area contributed by atoms with Gasteiger partial charge in [-0.15, -0.1) is 0 Å². The molecule has 124 valence electrons. The molecule has 0 aromatic heterocycles. The average Bonchev–Trinajstić information content (AvgIpc) is 3.25. The minimum atomic E-state index is -0.000172. The van der Waals surface area contributed by atoms with Gasteiger partial charge in [-0.3, -0.25) is 9.59 Å². The number of hydrogen-bond donors (Lipinski definition) is 2. The molecule has 1 aliphatic carbocycles. The summed E-state index contributed by atoms with van der Waals surface area (Å²) in [7, 11) is 0. The van der Waals surface area contributed by atoms with E-state index in [1.54, 1.807) is 0 Å². The van der Waals surface area contributed by atoms with Gasteiger partial charge in [0.05, 0.1) is 6.04 Å². The first-order valence-corrected chi connectivity index (χ1v) is 9.04. The van der Waals surface area contributed by atoms with Crippen molar-refractivity contribution in [1.29, 1.82) is 0 Å². The number of carbonyl (C=O) groups excluding carboxylic acids is 2. The maximum absolute atomic E-state index is 12.5. The van der Waals surface area contributed by atoms with Crippen molar-refractivity contribution in [2.24, 2.45) is 11.8 Å². The first-order chi connectivity index (χ1) is 10.7. The second-order valence-corrected chi connectivity index (χ2v) is 7.17. The molecular formula is C17H29N3O2. The number of rotatable bonds is 4. The Kier molecular flexibility index (Phi) is 5.34. The van der Waals surface area contributed by atoms with Gasteiger partial charge in [-0.2, -0.15) is 0 Å². The van der Waals surface area contributed by atoms with Gasteiger partial charge in [0.15, 0.2) is 0 Å². The fraction of sp³-hybridized carbons (Fsp3) is 0.882. The normalized spacial score (nSPS) is 29.7. The van der Waals surface area contributed by atoms with Gasteiger partial charge in [0.1, 0.15) is 0 Å². The van der Waals surface area contributed by atoms with Crippen molar-refractivity contribution in [3.8, 4) is 0 Å². The van der Waals surface area contributed by atoms with E-state index in [1.807, 2.05) is 0 Å². The van der Waals surface area contributed by atoms with Crippen molar-refractivity contribution >= 4 is 11.8 Å². The van der Waals surface area contributed by atoms with Crippen LogP contribution in [-0.4, -0.2) is 48.9 Å². The molecule has 22 heavy (non-hydrogen) atoms. The zero-order valence-corrected chi connectivity index (χ0v) is 13.5. The van der Waals surface area contributed by atoms with Crippen LogP contribution < -0.4 is 10.6 Å². The van der Waals surface area contributed by atoms with Crippen LogP contribution in [0, 0.1) is 11.8 Å². The summed E-state index contributed by atoms with van der Waals surface area (Å²) in [4.78, 5) is 26.6. The van der Waals surface area contributed by atoms with Crippen molar-refractivity contribution in [3.63, 3.8) is 0 Å². The van der Waals surface area contributed by atoms with E-state index in [0.717, 1.165) is 58.2 Å². The molecule has 2 aliphatic heterocycles. The summed E-state index contributed by atoms with van der Waals surface area (Å²) in [6.07, 6.45) is 8.78. The Morgan fingerprint density at radius 1 is 1.05 bits per heavy atom. The molecule has 5 nitrogen and oxygen atoms in total. The van der Waals surface area contributed by atoms with Crippen LogP contribution in [0.1, 0.15) is 51.4 Å². The molecule has 2 atom stereocenters. The summed E-state index contributed by atoms with van der Waals surface area (Å²) < 4.78 is 0. The second kappa shape index (κ2) is 7.44. The Morgan fingerprint density at radius 3 is 2.59 bits per heavy atom. The minimum Gasteiger partial charge on any atom is -0.354 e. The number of piperidine rings is 1. The lowest BCUT2D eigenvalue weighted by Crippen LogP contribution is -2.47. The molecule has 0 unspecified atom stereocenters. The fourth-order valence-electron chi connectivity index (χ4n) is 4.14. The zero-order valence-electron chi connectivity index (χ0n) is 13.5. The van der Waals surface area contributed by atoms with E-state index in [4.69, 9.17) is 0 Å². The number of nitrogens with one attached hydrogen (secondary N) is 2. The van der Waals surface area contributed by atoms with Crippen molar-refractivity contribution in [2.75, 3.05) is 26.2 Å². The van der Waals surface area contributed by atoms with E-state index < -0.39 is 0 Å². The highest BCUT2D eigenvalue weighted by molar-refractivity contribution is 5.82. The molecular weight excluding hydrogens is 278 g/mol. The topological polar surface area (TPSA) is 61.4 Å². The van der Waals surface area contributed by atoms with Crippen LogP contribution in [0.5, 0.6) is 0 Å². The lowest BCUT2D eigenvalue weighted by molar-refractivity contribution is -0.137. The minimum absolute atomic E-state index is 0.000172. The van der Waals surface area contributed by atoms with Crippen molar-refractivity contribution in [1.82, 2.24) is 15.5 Å². The van der Waals surface area contributed by atoms with E-state index in [0.29, 0.717) is 18.4 Å². The third-order valence-corrected chi connectivity index (χ3v) is 5.48. The van der Waals surface area contributed by atoms with Gasteiger partial charge in [-0.25, -0.2) is 0 Å². The molecule has 0 bridgehead atoms. The fourth-order valence-corrected chi connectivity index (χ4v) is 4.14. The van der Waals surface area contributed by atoms with Gasteiger partial charge in [0.25, 0.3) is 0 Å². The van der Waals surface area contributed by atoms with Gasteiger partial charge < -0.3 is 15.5 Å². The van der Waals surface area contributed by atoms with Gasteiger partial charge >= 0.3 is 0 Å². The average molecular weight is 307 g/mol. The molecule has 2 saturated heterocycles. The van der Waals surface area contributed by atoms with E-state index in [1.165, 1.54) is 12.8 Å². The molecule has 5 heteroatoms. The first kappa shape index (κ1) is 15.8. The number of nitrogens with zero attached hydrogens (tertiary/aromatic N) is 1. The summed E-state index contributed by atoms with van der Waals surface area (Å²) in [5.41, 5.74) is 0. The summed E-state index contributed by atoms with van der Waals surface area (Å²) in [6.45, 7) is 3.40. The third kappa shape index (κ3) is 3.80. The van der Waals surface area contributed by atoms with Gasteiger partial charge in [0.2, 0.25) is 11.8 Å². The molecule has 2 amide bonds. The molecule has 0 spiro atoms. The summed E-state index contributed by atoms with van der Waals surface area (Å²) in [5.74, 6) is 1.20. The Hall–Kier alpha value is -1.10. The van der Waals surface area contributed by atoms with E-state index in [2.05, 4.69) is 15.5 Å². The number of likely N-dealkylation sites (tertiary alicyclic amines) is 1. The van der Waals surface area contributed by atoms with Crippen molar-refractivity contribution in [3.05, 3.63) is 0 Å².